The molecule has 2 amide bonds. The van der Waals surface area contributed by atoms with Crippen LogP contribution in [0.25, 0.3) is 0 Å². The molecule has 20 heavy (non-hydrogen) atoms. The highest BCUT2D eigenvalue weighted by molar-refractivity contribution is 7.13. The maximum Gasteiger partial charge on any atom is 0.267 e. The molecule has 1 aromatic carbocycles. The van der Waals surface area contributed by atoms with Crippen molar-refractivity contribution in [3.05, 3.63) is 45.4 Å². The molecule has 0 bridgehead atoms. The van der Waals surface area contributed by atoms with Crippen molar-refractivity contribution in [2.24, 2.45) is 5.73 Å². The molecule has 5 nitrogen and oxygen atoms in total. The summed E-state index contributed by atoms with van der Waals surface area (Å²) in [5, 5.41) is 3.61. The second-order valence-electron chi connectivity index (χ2n) is 4.29. The first-order valence-corrected chi connectivity index (χ1v) is 7.00. The quantitative estimate of drug-likeness (QED) is 0.906. The van der Waals surface area contributed by atoms with E-state index >= 15 is 0 Å². The molecule has 0 aliphatic heterocycles. The third kappa shape index (κ3) is 2.85. The Morgan fingerprint density at radius 2 is 2.15 bits per heavy atom. The van der Waals surface area contributed by atoms with Crippen molar-refractivity contribution in [3.63, 3.8) is 0 Å². The Kier molecular flexibility index (Phi) is 4.14. The second-order valence-corrected chi connectivity index (χ2v) is 5.40. The van der Waals surface area contributed by atoms with E-state index in [0.717, 1.165) is 17.0 Å². The standard InChI is InChI=1S/C14H15N3O2S/c1-3-11-16-7-10(20-11)14(19)17-9-6-4-5-8(2)12(9)13(15)18/h4-7H,3H2,1-2H3,(H2,15,18)(H,17,19). The Hall–Kier alpha value is -2.21. The molecule has 6 heteroatoms. The first-order valence-electron chi connectivity index (χ1n) is 6.18. The Labute approximate surface area is 120 Å². The number of hydrogen-bond donors (Lipinski definition) is 2. The number of carbonyl (C=O) groups is 2. The Morgan fingerprint density at radius 3 is 2.75 bits per heavy atom. The summed E-state index contributed by atoms with van der Waals surface area (Å²) >= 11 is 1.34. The van der Waals surface area contributed by atoms with Gasteiger partial charge in [0, 0.05) is 0 Å². The summed E-state index contributed by atoms with van der Waals surface area (Å²) < 4.78 is 0. The van der Waals surface area contributed by atoms with Gasteiger partial charge in [0.05, 0.1) is 22.5 Å². The molecule has 0 aliphatic carbocycles. The number of rotatable bonds is 4. The molecule has 3 N–H and O–H groups in total. The van der Waals surface area contributed by atoms with Crippen LogP contribution in [-0.4, -0.2) is 16.8 Å². The number of nitrogens with two attached hydrogens (primary N) is 1. The smallest absolute Gasteiger partial charge is 0.267 e. The van der Waals surface area contributed by atoms with Crippen molar-refractivity contribution < 1.29 is 9.59 Å². The summed E-state index contributed by atoms with van der Waals surface area (Å²) in [5.74, 6) is -0.841. The van der Waals surface area contributed by atoms with Crippen LogP contribution in [0.5, 0.6) is 0 Å². The van der Waals surface area contributed by atoms with Crippen molar-refractivity contribution in [3.8, 4) is 0 Å². The molecule has 0 fully saturated rings. The molecule has 0 saturated carbocycles. The molecule has 0 unspecified atom stereocenters. The van der Waals surface area contributed by atoms with Gasteiger partial charge in [0.2, 0.25) is 0 Å². The highest BCUT2D eigenvalue weighted by Gasteiger charge is 2.15. The van der Waals surface area contributed by atoms with E-state index in [9.17, 15) is 9.59 Å². The van der Waals surface area contributed by atoms with Gasteiger partial charge in [0.25, 0.3) is 11.8 Å². The van der Waals surface area contributed by atoms with Crippen molar-refractivity contribution in [2.75, 3.05) is 5.32 Å². The summed E-state index contributed by atoms with van der Waals surface area (Å²) in [5.41, 5.74) is 6.85. The molecule has 0 atom stereocenters. The predicted octanol–water partition coefficient (Wildman–Crippen LogP) is 2.37. The van der Waals surface area contributed by atoms with E-state index in [4.69, 9.17) is 5.73 Å². The zero-order chi connectivity index (χ0) is 14.7. The molecule has 2 rings (SSSR count). The van der Waals surface area contributed by atoms with Gasteiger partial charge in [-0.25, -0.2) is 4.98 Å². The number of primary amides is 1. The SMILES string of the molecule is CCc1ncc(C(=O)Nc2cccc(C)c2C(N)=O)s1. The van der Waals surface area contributed by atoms with Crippen LogP contribution >= 0.6 is 11.3 Å². The number of carbonyl (C=O) groups excluding carboxylic acids is 2. The third-order valence-corrected chi connectivity index (χ3v) is 3.99. The number of anilines is 1. The monoisotopic (exact) mass is 289 g/mol. The molecule has 2 aromatic rings. The summed E-state index contributed by atoms with van der Waals surface area (Å²) in [6.45, 7) is 3.75. The zero-order valence-corrected chi connectivity index (χ0v) is 12.1. The molecule has 104 valence electrons. The molecule has 0 radical (unpaired) electrons. The van der Waals surface area contributed by atoms with Crippen molar-refractivity contribution in [1.82, 2.24) is 4.98 Å². The van der Waals surface area contributed by atoms with Gasteiger partial charge >= 0.3 is 0 Å². The highest BCUT2D eigenvalue weighted by atomic mass is 32.1. The largest absolute Gasteiger partial charge is 0.366 e. The van der Waals surface area contributed by atoms with Crippen LogP contribution in [0.3, 0.4) is 0 Å². The van der Waals surface area contributed by atoms with Crippen LogP contribution in [-0.2, 0) is 6.42 Å². The fraction of sp³-hybridized carbons (Fsp3) is 0.214. The van der Waals surface area contributed by atoms with Gasteiger partial charge in [0.15, 0.2) is 0 Å². The first kappa shape index (κ1) is 14.2. The molecule has 1 aromatic heterocycles. The summed E-state index contributed by atoms with van der Waals surface area (Å²) in [6.07, 6.45) is 2.33. The molecule has 0 saturated heterocycles. The average molecular weight is 289 g/mol. The Bertz CT molecular complexity index is 664. The van der Waals surface area contributed by atoms with Gasteiger partial charge in [-0.3, -0.25) is 9.59 Å². The van der Waals surface area contributed by atoms with E-state index < -0.39 is 5.91 Å². The van der Waals surface area contributed by atoms with Crippen molar-refractivity contribution >= 4 is 28.8 Å². The Morgan fingerprint density at radius 1 is 1.40 bits per heavy atom. The van der Waals surface area contributed by atoms with Crippen LogP contribution < -0.4 is 11.1 Å². The fourth-order valence-electron chi connectivity index (χ4n) is 1.86. The van der Waals surface area contributed by atoms with Gasteiger partial charge in [-0.2, -0.15) is 0 Å². The lowest BCUT2D eigenvalue weighted by atomic mass is 10.1. The summed E-state index contributed by atoms with van der Waals surface area (Å²) in [4.78, 5) is 28.3. The number of aromatic nitrogens is 1. The topological polar surface area (TPSA) is 85.1 Å². The number of nitrogens with one attached hydrogen (secondary N) is 1. The molecular weight excluding hydrogens is 274 g/mol. The van der Waals surface area contributed by atoms with Crippen LogP contribution in [0.1, 0.15) is 37.5 Å². The van der Waals surface area contributed by atoms with E-state index in [2.05, 4.69) is 10.3 Å². The lowest BCUT2D eigenvalue weighted by Crippen LogP contribution is -2.18. The number of amides is 2. The van der Waals surface area contributed by atoms with Gasteiger partial charge in [-0.1, -0.05) is 19.1 Å². The number of benzene rings is 1. The first-order chi connectivity index (χ1) is 9.52. The minimum absolute atomic E-state index is 0.282. The summed E-state index contributed by atoms with van der Waals surface area (Å²) in [6, 6.07) is 5.20. The maximum atomic E-state index is 12.1. The van der Waals surface area contributed by atoms with Gasteiger partial charge < -0.3 is 11.1 Å². The minimum atomic E-state index is -0.558. The lowest BCUT2D eigenvalue weighted by molar-refractivity contribution is 0.100. The highest BCUT2D eigenvalue weighted by Crippen LogP contribution is 2.21. The van der Waals surface area contributed by atoms with Crippen molar-refractivity contribution in [2.45, 2.75) is 20.3 Å². The maximum absolute atomic E-state index is 12.1. The number of hydrogen-bond acceptors (Lipinski definition) is 4. The minimum Gasteiger partial charge on any atom is -0.366 e. The number of thiazole rings is 1. The van der Waals surface area contributed by atoms with Crippen LogP contribution in [0.15, 0.2) is 24.4 Å². The lowest BCUT2D eigenvalue weighted by Gasteiger charge is -2.10. The van der Waals surface area contributed by atoms with E-state index in [1.165, 1.54) is 11.3 Å². The van der Waals surface area contributed by atoms with E-state index in [0.29, 0.717) is 16.1 Å². The normalized spacial score (nSPS) is 10.3. The molecule has 1 heterocycles. The second kappa shape index (κ2) is 5.83. The van der Waals surface area contributed by atoms with Gasteiger partial charge in [-0.05, 0) is 25.0 Å². The Balaban J connectivity index is 2.28. The zero-order valence-electron chi connectivity index (χ0n) is 11.3. The fourth-order valence-corrected chi connectivity index (χ4v) is 2.61. The average Bonchev–Trinajstić information content (AvgIpc) is 2.87. The molecule has 0 aliphatic rings. The summed E-state index contributed by atoms with van der Waals surface area (Å²) in [7, 11) is 0. The third-order valence-electron chi connectivity index (χ3n) is 2.85. The number of aryl methyl sites for hydroxylation is 2. The van der Waals surface area contributed by atoms with E-state index in [1.54, 1.807) is 31.3 Å². The van der Waals surface area contributed by atoms with Crippen LogP contribution in [0.2, 0.25) is 0 Å². The van der Waals surface area contributed by atoms with E-state index in [-0.39, 0.29) is 5.91 Å². The molecular formula is C14H15N3O2S. The molecule has 0 spiro atoms. The van der Waals surface area contributed by atoms with Crippen LogP contribution in [0, 0.1) is 6.92 Å². The van der Waals surface area contributed by atoms with Gasteiger partial charge in [0.1, 0.15) is 4.88 Å². The van der Waals surface area contributed by atoms with Crippen LogP contribution in [0.4, 0.5) is 5.69 Å². The van der Waals surface area contributed by atoms with Crippen molar-refractivity contribution in [1.29, 1.82) is 0 Å². The van der Waals surface area contributed by atoms with Gasteiger partial charge in [-0.15, -0.1) is 11.3 Å². The number of nitrogens with zero attached hydrogens (tertiary/aromatic N) is 1. The predicted molar refractivity (Wildman–Crippen MR) is 79.1 cm³/mol. The van der Waals surface area contributed by atoms with E-state index in [1.807, 2.05) is 6.92 Å².